The zero-order valence-corrected chi connectivity index (χ0v) is 16.2. The lowest BCUT2D eigenvalue weighted by atomic mass is 10.2. The van der Waals surface area contributed by atoms with Crippen LogP contribution in [0.25, 0.3) is 10.9 Å². The van der Waals surface area contributed by atoms with Crippen LogP contribution in [0, 0.1) is 6.92 Å². The largest absolute Gasteiger partial charge is 0.491 e. The minimum absolute atomic E-state index is 0.00293. The van der Waals surface area contributed by atoms with Crippen molar-refractivity contribution in [2.75, 3.05) is 13.2 Å². The Bertz CT molecular complexity index is 940. The van der Waals surface area contributed by atoms with Gasteiger partial charge in [0.15, 0.2) is 0 Å². The average molecular weight is 378 g/mol. The van der Waals surface area contributed by atoms with E-state index in [0.29, 0.717) is 19.7 Å². The molecule has 2 heterocycles. The van der Waals surface area contributed by atoms with Crippen LogP contribution < -0.4 is 10.1 Å². The van der Waals surface area contributed by atoms with E-state index < -0.39 is 0 Å². The fourth-order valence-corrected chi connectivity index (χ4v) is 3.63. The zero-order chi connectivity index (χ0) is 19.3. The molecular formula is C23H26N2O3. The molecule has 0 saturated carbocycles. The van der Waals surface area contributed by atoms with Crippen molar-refractivity contribution in [1.82, 2.24) is 9.88 Å². The fourth-order valence-electron chi connectivity index (χ4n) is 3.63. The summed E-state index contributed by atoms with van der Waals surface area (Å²) in [5.41, 5.74) is 3.22. The van der Waals surface area contributed by atoms with E-state index in [1.54, 1.807) is 0 Å². The van der Waals surface area contributed by atoms with Gasteiger partial charge in [-0.3, -0.25) is 4.79 Å². The van der Waals surface area contributed by atoms with Gasteiger partial charge in [0.1, 0.15) is 18.9 Å². The third-order valence-electron chi connectivity index (χ3n) is 5.19. The highest BCUT2D eigenvalue weighted by atomic mass is 16.5. The Labute approximate surface area is 165 Å². The lowest BCUT2D eigenvalue weighted by Gasteiger charge is -2.12. The first-order chi connectivity index (χ1) is 13.7. The molecule has 0 spiro atoms. The van der Waals surface area contributed by atoms with Crippen molar-refractivity contribution in [2.45, 2.75) is 39.0 Å². The number of benzene rings is 2. The summed E-state index contributed by atoms with van der Waals surface area (Å²) in [6.07, 6.45) is 2.40. The molecule has 1 aromatic heterocycles. The van der Waals surface area contributed by atoms with Crippen LogP contribution in [0.2, 0.25) is 0 Å². The van der Waals surface area contributed by atoms with Gasteiger partial charge in [0.2, 0.25) is 5.91 Å². The number of hydrogen-bond donors (Lipinski definition) is 1. The monoisotopic (exact) mass is 378 g/mol. The molecule has 146 valence electrons. The summed E-state index contributed by atoms with van der Waals surface area (Å²) in [5.74, 6) is 0.836. The lowest BCUT2D eigenvalue weighted by molar-refractivity contribution is -0.121. The van der Waals surface area contributed by atoms with Crippen molar-refractivity contribution in [3.8, 4) is 5.75 Å². The second kappa shape index (κ2) is 8.48. The van der Waals surface area contributed by atoms with Crippen LogP contribution >= 0.6 is 0 Å². The molecule has 1 amide bonds. The quantitative estimate of drug-likeness (QED) is 0.680. The summed E-state index contributed by atoms with van der Waals surface area (Å²) in [6, 6.07) is 18.1. The molecule has 1 aliphatic heterocycles. The van der Waals surface area contributed by atoms with E-state index in [9.17, 15) is 4.79 Å². The maximum absolute atomic E-state index is 12.4. The summed E-state index contributed by atoms with van der Waals surface area (Å²) >= 11 is 0. The van der Waals surface area contributed by atoms with E-state index in [-0.39, 0.29) is 12.0 Å². The topological polar surface area (TPSA) is 52.5 Å². The van der Waals surface area contributed by atoms with E-state index in [1.165, 1.54) is 0 Å². The highest BCUT2D eigenvalue weighted by Gasteiger charge is 2.16. The number of aryl methyl sites for hydroxylation is 1. The molecular weight excluding hydrogens is 352 g/mol. The number of carbonyl (C=O) groups is 1. The standard InChI is InChI=1S/C23H26N2O3/c1-17-13-19-5-2-3-7-22(19)25(17)15-23(26)24-14-18-8-10-20(11-9-18)28-16-21-6-4-12-27-21/h2-3,5,7-11,13,21H,4,6,12,14-16H2,1H3,(H,24,26). The van der Waals surface area contributed by atoms with Gasteiger partial charge in [-0.05, 0) is 55.0 Å². The third-order valence-corrected chi connectivity index (χ3v) is 5.19. The van der Waals surface area contributed by atoms with E-state index >= 15 is 0 Å². The van der Waals surface area contributed by atoms with Crippen molar-refractivity contribution in [3.63, 3.8) is 0 Å². The van der Waals surface area contributed by atoms with Crippen LogP contribution in [-0.2, 0) is 22.6 Å². The fraction of sp³-hybridized carbons (Fsp3) is 0.348. The van der Waals surface area contributed by atoms with Gasteiger partial charge < -0.3 is 19.4 Å². The highest BCUT2D eigenvalue weighted by Crippen LogP contribution is 2.19. The zero-order valence-electron chi connectivity index (χ0n) is 16.2. The van der Waals surface area contributed by atoms with E-state index in [4.69, 9.17) is 9.47 Å². The van der Waals surface area contributed by atoms with Gasteiger partial charge in [0.25, 0.3) is 0 Å². The number of nitrogens with zero attached hydrogens (tertiary/aromatic N) is 1. The number of nitrogens with one attached hydrogen (secondary N) is 1. The number of para-hydroxylation sites is 1. The molecule has 1 fully saturated rings. The van der Waals surface area contributed by atoms with Gasteiger partial charge in [-0.15, -0.1) is 0 Å². The van der Waals surface area contributed by atoms with Crippen LogP contribution in [0.5, 0.6) is 5.75 Å². The predicted octanol–water partition coefficient (Wildman–Crippen LogP) is 3.82. The Hall–Kier alpha value is -2.79. The van der Waals surface area contributed by atoms with Crippen LogP contribution in [0.4, 0.5) is 0 Å². The summed E-state index contributed by atoms with van der Waals surface area (Å²) in [4.78, 5) is 12.4. The summed E-state index contributed by atoms with van der Waals surface area (Å²) in [7, 11) is 0. The maximum atomic E-state index is 12.4. The van der Waals surface area contributed by atoms with Crippen molar-refractivity contribution in [2.24, 2.45) is 0 Å². The van der Waals surface area contributed by atoms with E-state index in [0.717, 1.165) is 47.4 Å². The van der Waals surface area contributed by atoms with Crippen molar-refractivity contribution < 1.29 is 14.3 Å². The van der Waals surface area contributed by atoms with Gasteiger partial charge in [-0.25, -0.2) is 0 Å². The van der Waals surface area contributed by atoms with Gasteiger partial charge in [0.05, 0.1) is 6.10 Å². The number of hydrogen-bond acceptors (Lipinski definition) is 3. The number of carbonyl (C=O) groups excluding carboxylic acids is 1. The number of amides is 1. The molecule has 2 aromatic carbocycles. The second-order valence-electron chi connectivity index (χ2n) is 7.30. The van der Waals surface area contributed by atoms with Gasteiger partial charge in [-0.1, -0.05) is 30.3 Å². The molecule has 1 saturated heterocycles. The molecule has 0 bridgehead atoms. The third kappa shape index (κ3) is 4.37. The Kier molecular flexibility index (Phi) is 5.63. The summed E-state index contributed by atoms with van der Waals surface area (Å²) < 4.78 is 13.4. The Morgan fingerprint density at radius 2 is 2.04 bits per heavy atom. The second-order valence-corrected chi connectivity index (χ2v) is 7.30. The van der Waals surface area contributed by atoms with Gasteiger partial charge in [0, 0.05) is 24.4 Å². The number of rotatable bonds is 7. The first-order valence-corrected chi connectivity index (χ1v) is 9.84. The Morgan fingerprint density at radius 1 is 1.21 bits per heavy atom. The first kappa shape index (κ1) is 18.6. The Balaban J connectivity index is 1.29. The van der Waals surface area contributed by atoms with Crippen molar-refractivity contribution in [3.05, 3.63) is 65.9 Å². The van der Waals surface area contributed by atoms with Crippen LogP contribution in [0.3, 0.4) is 0 Å². The van der Waals surface area contributed by atoms with Crippen LogP contribution in [0.1, 0.15) is 24.1 Å². The number of ether oxygens (including phenoxy) is 2. The molecule has 28 heavy (non-hydrogen) atoms. The molecule has 5 heteroatoms. The lowest BCUT2D eigenvalue weighted by Crippen LogP contribution is -2.27. The van der Waals surface area contributed by atoms with Gasteiger partial charge in [-0.2, -0.15) is 0 Å². The number of aromatic nitrogens is 1. The molecule has 1 unspecified atom stereocenters. The molecule has 5 nitrogen and oxygen atoms in total. The molecule has 0 aliphatic carbocycles. The molecule has 1 aliphatic rings. The normalized spacial score (nSPS) is 16.4. The molecule has 1 N–H and O–H groups in total. The first-order valence-electron chi connectivity index (χ1n) is 9.84. The average Bonchev–Trinajstić information content (AvgIpc) is 3.34. The van der Waals surface area contributed by atoms with E-state index in [1.807, 2.05) is 54.0 Å². The SMILES string of the molecule is Cc1cc2ccccc2n1CC(=O)NCc1ccc(OCC2CCCO2)cc1. The number of fused-ring (bicyclic) bond motifs is 1. The van der Waals surface area contributed by atoms with Crippen LogP contribution in [-0.4, -0.2) is 29.8 Å². The van der Waals surface area contributed by atoms with Gasteiger partial charge >= 0.3 is 0 Å². The smallest absolute Gasteiger partial charge is 0.240 e. The van der Waals surface area contributed by atoms with Crippen molar-refractivity contribution in [1.29, 1.82) is 0 Å². The molecule has 1 atom stereocenters. The van der Waals surface area contributed by atoms with Crippen molar-refractivity contribution >= 4 is 16.8 Å². The highest BCUT2D eigenvalue weighted by molar-refractivity contribution is 5.84. The minimum Gasteiger partial charge on any atom is -0.491 e. The molecule has 3 aromatic rings. The predicted molar refractivity (Wildman–Crippen MR) is 109 cm³/mol. The summed E-state index contributed by atoms with van der Waals surface area (Å²) in [5, 5.41) is 4.16. The Morgan fingerprint density at radius 3 is 2.82 bits per heavy atom. The van der Waals surface area contributed by atoms with Crippen LogP contribution in [0.15, 0.2) is 54.6 Å². The molecule has 4 rings (SSSR count). The maximum Gasteiger partial charge on any atom is 0.240 e. The van der Waals surface area contributed by atoms with E-state index in [2.05, 4.69) is 17.4 Å². The minimum atomic E-state index is 0.00293. The summed E-state index contributed by atoms with van der Waals surface area (Å²) in [6.45, 7) is 4.29. The molecule has 0 radical (unpaired) electrons.